The zero-order valence-corrected chi connectivity index (χ0v) is 9.18. The number of pyridine rings is 1. The van der Waals surface area contributed by atoms with Gasteiger partial charge in [0.25, 0.3) is 5.91 Å². The van der Waals surface area contributed by atoms with Gasteiger partial charge in [-0.1, -0.05) is 0 Å². The molecule has 0 saturated carbocycles. The molecule has 1 atom stereocenters. The van der Waals surface area contributed by atoms with Gasteiger partial charge in [0, 0.05) is 26.3 Å². The van der Waals surface area contributed by atoms with Crippen molar-refractivity contribution in [3.8, 4) is 0 Å². The van der Waals surface area contributed by atoms with Crippen LogP contribution in [-0.2, 0) is 0 Å². The van der Waals surface area contributed by atoms with Crippen LogP contribution >= 0.6 is 0 Å². The highest BCUT2D eigenvalue weighted by atomic mass is 16.3. The molecule has 1 aliphatic heterocycles. The molecule has 2 heterocycles. The SMILES string of the molecule is CNc1ccc(C(=O)N2CCC(O)C2)cn1. The van der Waals surface area contributed by atoms with Crippen LogP contribution in [0.25, 0.3) is 0 Å². The number of hydrogen-bond acceptors (Lipinski definition) is 4. The molecule has 2 rings (SSSR count). The lowest BCUT2D eigenvalue weighted by Gasteiger charge is -2.15. The van der Waals surface area contributed by atoms with Crippen LogP contribution in [0.1, 0.15) is 16.8 Å². The molecule has 0 aromatic carbocycles. The molecule has 2 N–H and O–H groups in total. The average Bonchev–Trinajstić information content (AvgIpc) is 2.75. The van der Waals surface area contributed by atoms with Gasteiger partial charge in [0.15, 0.2) is 0 Å². The summed E-state index contributed by atoms with van der Waals surface area (Å²) in [5.41, 5.74) is 0.563. The van der Waals surface area contributed by atoms with E-state index in [1.165, 1.54) is 0 Å². The summed E-state index contributed by atoms with van der Waals surface area (Å²) in [6.45, 7) is 1.04. The van der Waals surface area contributed by atoms with Crippen molar-refractivity contribution >= 4 is 11.7 Å². The van der Waals surface area contributed by atoms with Gasteiger partial charge in [0.1, 0.15) is 5.82 Å². The zero-order valence-electron chi connectivity index (χ0n) is 9.18. The van der Waals surface area contributed by atoms with Gasteiger partial charge < -0.3 is 15.3 Å². The van der Waals surface area contributed by atoms with Crippen LogP contribution in [0.3, 0.4) is 0 Å². The van der Waals surface area contributed by atoms with Crippen molar-refractivity contribution in [1.82, 2.24) is 9.88 Å². The number of nitrogens with one attached hydrogen (secondary N) is 1. The highest BCUT2D eigenvalue weighted by molar-refractivity contribution is 5.94. The molecule has 0 spiro atoms. The minimum Gasteiger partial charge on any atom is -0.391 e. The van der Waals surface area contributed by atoms with Gasteiger partial charge >= 0.3 is 0 Å². The third-order valence-electron chi connectivity index (χ3n) is 2.72. The predicted octanol–water partition coefficient (Wildman–Crippen LogP) is 0.330. The molecule has 0 aliphatic carbocycles. The third kappa shape index (κ3) is 2.14. The second-order valence-corrected chi connectivity index (χ2v) is 3.88. The van der Waals surface area contributed by atoms with Gasteiger partial charge in [-0.3, -0.25) is 4.79 Å². The van der Waals surface area contributed by atoms with E-state index in [2.05, 4.69) is 10.3 Å². The maximum atomic E-state index is 11.9. The molecule has 0 radical (unpaired) electrons. The number of β-amino-alcohol motifs (C(OH)–C–C–N with tert-alkyl or cyclic N) is 1. The van der Waals surface area contributed by atoms with Gasteiger partial charge in [-0.05, 0) is 18.6 Å². The molecule has 0 bridgehead atoms. The summed E-state index contributed by atoms with van der Waals surface area (Å²) in [6, 6.07) is 3.51. The molecule has 16 heavy (non-hydrogen) atoms. The number of aliphatic hydroxyl groups excluding tert-OH is 1. The topological polar surface area (TPSA) is 65.5 Å². The van der Waals surface area contributed by atoms with E-state index < -0.39 is 0 Å². The fraction of sp³-hybridized carbons (Fsp3) is 0.455. The number of hydrogen-bond donors (Lipinski definition) is 2. The number of amides is 1. The summed E-state index contributed by atoms with van der Waals surface area (Å²) in [5, 5.41) is 12.3. The molecule has 1 saturated heterocycles. The van der Waals surface area contributed by atoms with Crippen molar-refractivity contribution in [3.63, 3.8) is 0 Å². The van der Waals surface area contributed by atoms with Crippen molar-refractivity contribution < 1.29 is 9.90 Å². The van der Waals surface area contributed by atoms with Crippen molar-refractivity contribution in [2.24, 2.45) is 0 Å². The predicted molar refractivity (Wildman–Crippen MR) is 60.3 cm³/mol. The molecular weight excluding hydrogens is 206 g/mol. The maximum absolute atomic E-state index is 11.9. The molecule has 1 amide bonds. The summed E-state index contributed by atoms with van der Waals surface area (Å²) < 4.78 is 0. The Morgan fingerprint density at radius 1 is 1.62 bits per heavy atom. The number of anilines is 1. The van der Waals surface area contributed by atoms with Crippen LogP contribution in [0.4, 0.5) is 5.82 Å². The Morgan fingerprint density at radius 2 is 2.44 bits per heavy atom. The summed E-state index contributed by atoms with van der Waals surface area (Å²) >= 11 is 0. The normalized spacial score (nSPS) is 19.9. The molecule has 1 fully saturated rings. The quantitative estimate of drug-likeness (QED) is 0.755. The van der Waals surface area contributed by atoms with E-state index in [1.54, 1.807) is 30.3 Å². The summed E-state index contributed by atoms with van der Waals surface area (Å²) in [4.78, 5) is 17.7. The van der Waals surface area contributed by atoms with Crippen LogP contribution in [0.2, 0.25) is 0 Å². The van der Waals surface area contributed by atoms with E-state index in [4.69, 9.17) is 0 Å². The maximum Gasteiger partial charge on any atom is 0.255 e. The Labute approximate surface area is 94.1 Å². The van der Waals surface area contributed by atoms with Gasteiger partial charge in [-0.2, -0.15) is 0 Å². The smallest absolute Gasteiger partial charge is 0.255 e. The Kier molecular flexibility index (Phi) is 3.05. The second-order valence-electron chi connectivity index (χ2n) is 3.88. The second kappa shape index (κ2) is 4.49. The number of aromatic nitrogens is 1. The molecule has 1 aliphatic rings. The number of nitrogens with zero attached hydrogens (tertiary/aromatic N) is 2. The molecule has 1 aromatic heterocycles. The highest BCUT2D eigenvalue weighted by Crippen LogP contribution is 2.13. The minimum atomic E-state index is -0.381. The Balaban J connectivity index is 2.08. The summed E-state index contributed by atoms with van der Waals surface area (Å²) in [6.07, 6.45) is 1.83. The molecule has 1 unspecified atom stereocenters. The number of likely N-dealkylation sites (tertiary alicyclic amines) is 1. The minimum absolute atomic E-state index is 0.0632. The zero-order chi connectivity index (χ0) is 11.5. The van der Waals surface area contributed by atoms with Gasteiger partial charge in [-0.15, -0.1) is 0 Å². The van der Waals surface area contributed by atoms with Gasteiger partial charge in [0.05, 0.1) is 11.7 Å². The summed E-state index contributed by atoms with van der Waals surface area (Å²) in [5.74, 6) is 0.671. The Bertz CT molecular complexity index is 377. The monoisotopic (exact) mass is 221 g/mol. The fourth-order valence-electron chi connectivity index (χ4n) is 1.78. The first-order chi connectivity index (χ1) is 7.70. The number of aliphatic hydroxyl groups is 1. The number of carbonyl (C=O) groups is 1. The highest BCUT2D eigenvalue weighted by Gasteiger charge is 2.25. The first-order valence-electron chi connectivity index (χ1n) is 5.32. The third-order valence-corrected chi connectivity index (χ3v) is 2.72. The van der Waals surface area contributed by atoms with Crippen LogP contribution in [0, 0.1) is 0 Å². The lowest BCUT2D eigenvalue weighted by atomic mass is 10.2. The van der Waals surface area contributed by atoms with Crippen LogP contribution < -0.4 is 5.32 Å². The largest absolute Gasteiger partial charge is 0.391 e. The van der Waals surface area contributed by atoms with Crippen molar-refractivity contribution in [3.05, 3.63) is 23.9 Å². The van der Waals surface area contributed by atoms with Crippen LogP contribution in [0.5, 0.6) is 0 Å². The molecular formula is C11H15N3O2. The Hall–Kier alpha value is -1.62. The van der Waals surface area contributed by atoms with Crippen LogP contribution in [-0.4, -0.2) is 47.1 Å². The van der Waals surface area contributed by atoms with Gasteiger partial charge in [-0.25, -0.2) is 4.98 Å². The van der Waals surface area contributed by atoms with E-state index in [1.807, 2.05) is 0 Å². The van der Waals surface area contributed by atoms with E-state index in [0.717, 1.165) is 5.82 Å². The van der Waals surface area contributed by atoms with Crippen LogP contribution in [0.15, 0.2) is 18.3 Å². The summed E-state index contributed by atoms with van der Waals surface area (Å²) in [7, 11) is 1.78. The lowest BCUT2D eigenvalue weighted by molar-refractivity contribution is 0.0764. The fourth-order valence-corrected chi connectivity index (χ4v) is 1.78. The van der Waals surface area contributed by atoms with E-state index >= 15 is 0 Å². The number of rotatable bonds is 2. The van der Waals surface area contributed by atoms with Crippen molar-refractivity contribution in [1.29, 1.82) is 0 Å². The molecule has 1 aromatic rings. The van der Waals surface area contributed by atoms with E-state index in [-0.39, 0.29) is 12.0 Å². The first kappa shape index (κ1) is 10.9. The van der Waals surface area contributed by atoms with E-state index in [9.17, 15) is 9.90 Å². The van der Waals surface area contributed by atoms with Crippen molar-refractivity contribution in [2.45, 2.75) is 12.5 Å². The van der Waals surface area contributed by atoms with Gasteiger partial charge in [0.2, 0.25) is 0 Å². The average molecular weight is 221 g/mol. The lowest BCUT2D eigenvalue weighted by Crippen LogP contribution is -2.29. The Morgan fingerprint density at radius 3 is 2.94 bits per heavy atom. The molecule has 5 heteroatoms. The number of carbonyl (C=O) groups excluding carboxylic acids is 1. The molecule has 86 valence electrons. The molecule has 5 nitrogen and oxygen atoms in total. The first-order valence-corrected chi connectivity index (χ1v) is 5.32. The van der Waals surface area contributed by atoms with E-state index in [0.29, 0.717) is 25.1 Å². The standard InChI is InChI=1S/C11H15N3O2/c1-12-10-3-2-8(6-13-10)11(16)14-5-4-9(15)7-14/h2-3,6,9,15H,4-5,7H2,1H3,(H,12,13). The van der Waals surface area contributed by atoms with Crippen molar-refractivity contribution in [2.75, 3.05) is 25.5 Å².